The standard InChI is InChI=1S/C7H10Cl4N2O2S2/c1-3-17(14,15)13(5(2)4-12)16-7(10,11)6(8)9/h5-6H,3H2,1-2H3. The number of halogens is 4. The van der Waals surface area contributed by atoms with Crippen molar-refractivity contribution in [3.05, 3.63) is 0 Å². The minimum absolute atomic E-state index is 0.189. The Morgan fingerprint density at radius 2 is 1.94 bits per heavy atom. The van der Waals surface area contributed by atoms with Gasteiger partial charge in [-0.15, -0.1) is 26.9 Å². The summed E-state index contributed by atoms with van der Waals surface area (Å²) in [5, 5.41) is 8.78. The minimum Gasteiger partial charge on any atom is -0.211 e. The SMILES string of the molecule is CCS(=O)(=O)N(SC(Cl)(Cl)C(Cl)Cl)C(C)C#N. The topological polar surface area (TPSA) is 61.2 Å². The summed E-state index contributed by atoms with van der Waals surface area (Å²) in [6, 6.07) is 0.853. The quantitative estimate of drug-likeness (QED) is 0.539. The lowest BCUT2D eigenvalue weighted by molar-refractivity contribution is 0.525. The first-order valence-corrected chi connectivity index (χ1v) is 8.36. The third-order valence-electron chi connectivity index (χ3n) is 1.61. The molecular weight excluding hydrogens is 350 g/mol. The lowest BCUT2D eigenvalue weighted by Crippen LogP contribution is -2.37. The van der Waals surface area contributed by atoms with Gasteiger partial charge in [-0.1, -0.05) is 23.2 Å². The first-order chi connectivity index (χ1) is 7.58. The van der Waals surface area contributed by atoms with E-state index < -0.39 is 24.6 Å². The second-order valence-corrected chi connectivity index (χ2v) is 9.43. The van der Waals surface area contributed by atoms with Crippen molar-refractivity contribution in [2.24, 2.45) is 0 Å². The zero-order chi connectivity index (χ0) is 13.9. The van der Waals surface area contributed by atoms with E-state index in [0.29, 0.717) is 11.9 Å². The molecule has 0 aromatic heterocycles. The van der Waals surface area contributed by atoms with Crippen molar-refractivity contribution in [2.45, 2.75) is 28.4 Å². The molecule has 0 fully saturated rings. The average Bonchev–Trinajstić information content (AvgIpc) is 2.24. The van der Waals surface area contributed by atoms with Crippen LogP contribution in [0.3, 0.4) is 0 Å². The molecule has 0 heterocycles. The van der Waals surface area contributed by atoms with Gasteiger partial charge in [-0.25, -0.2) is 8.42 Å². The van der Waals surface area contributed by atoms with Crippen LogP contribution >= 0.6 is 58.4 Å². The molecule has 0 N–H and O–H groups in total. The summed E-state index contributed by atoms with van der Waals surface area (Å²) in [4.78, 5) is -1.21. The average molecular weight is 360 g/mol. The summed E-state index contributed by atoms with van der Waals surface area (Å²) in [5.41, 5.74) is 0. The molecule has 1 unspecified atom stereocenters. The number of rotatable bonds is 6. The molecular formula is C7H10Cl4N2O2S2. The van der Waals surface area contributed by atoms with Gasteiger partial charge in [0.2, 0.25) is 13.7 Å². The lowest BCUT2D eigenvalue weighted by Gasteiger charge is -2.29. The van der Waals surface area contributed by atoms with Gasteiger partial charge in [-0.05, 0) is 25.8 Å². The predicted molar refractivity (Wildman–Crippen MR) is 73.9 cm³/mol. The van der Waals surface area contributed by atoms with Crippen LogP contribution in [-0.2, 0) is 10.0 Å². The van der Waals surface area contributed by atoms with E-state index in [1.54, 1.807) is 6.07 Å². The Labute approximate surface area is 125 Å². The smallest absolute Gasteiger partial charge is 0.211 e. The minimum atomic E-state index is -3.65. The molecule has 0 aromatic rings. The normalized spacial score (nSPS) is 15.0. The Morgan fingerprint density at radius 3 is 2.24 bits per heavy atom. The summed E-state index contributed by atoms with van der Waals surface area (Å²) in [5.74, 6) is -0.189. The summed E-state index contributed by atoms with van der Waals surface area (Å²) >= 11 is 23.1. The molecule has 0 spiro atoms. The lowest BCUT2D eigenvalue weighted by atomic mass is 10.4. The highest BCUT2D eigenvalue weighted by Gasteiger charge is 2.41. The predicted octanol–water partition coefficient (Wildman–Crippen LogP) is 3.13. The van der Waals surface area contributed by atoms with E-state index >= 15 is 0 Å². The van der Waals surface area contributed by atoms with E-state index in [1.165, 1.54) is 13.8 Å². The Bertz CT molecular complexity index is 393. The van der Waals surface area contributed by atoms with E-state index in [0.717, 1.165) is 3.71 Å². The molecule has 0 aromatic carbocycles. The van der Waals surface area contributed by atoms with Crippen molar-refractivity contribution < 1.29 is 8.42 Å². The monoisotopic (exact) mass is 358 g/mol. The van der Waals surface area contributed by atoms with Crippen molar-refractivity contribution in [2.75, 3.05) is 5.75 Å². The summed E-state index contributed by atoms with van der Waals surface area (Å²) in [6.45, 7) is 2.84. The van der Waals surface area contributed by atoms with E-state index in [2.05, 4.69) is 0 Å². The number of hydrogen-bond donors (Lipinski definition) is 0. The summed E-state index contributed by atoms with van der Waals surface area (Å²) in [6.07, 6.45) is 0. The fourth-order valence-corrected chi connectivity index (χ4v) is 4.07. The molecule has 1 atom stereocenters. The van der Waals surface area contributed by atoms with Crippen LogP contribution in [0.25, 0.3) is 0 Å². The van der Waals surface area contributed by atoms with Crippen molar-refractivity contribution in [1.29, 1.82) is 5.26 Å². The highest BCUT2D eigenvalue weighted by atomic mass is 35.5. The van der Waals surface area contributed by atoms with Crippen LogP contribution in [0.2, 0.25) is 0 Å². The first-order valence-electron chi connectivity index (χ1n) is 4.35. The van der Waals surface area contributed by atoms with Crippen molar-refractivity contribution >= 4 is 68.4 Å². The molecule has 100 valence electrons. The maximum Gasteiger partial charge on any atom is 0.224 e. The summed E-state index contributed by atoms with van der Waals surface area (Å²) < 4.78 is 22.6. The second kappa shape index (κ2) is 6.90. The van der Waals surface area contributed by atoms with Crippen LogP contribution in [0.1, 0.15) is 13.8 Å². The first kappa shape index (κ1) is 17.9. The Kier molecular flexibility index (Phi) is 7.27. The van der Waals surface area contributed by atoms with Crippen molar-refractivity contribution in [3.8, 4) is 6.07 Å². The Hall–Kier alpha value is 0.910. The fraction of sp³-hybridized carbons (Fsp3) is 0.857. The maximum absolute atomic E-state index is 11.8. The Balaban J connectivity index is 5.20. The van der Waals surface area contributed by atoms with Crippen LogP contribution in [-0.4, -0.2) is 32.4 Å². The van der Waals surface area contributed by atoms with Gasteiger partial charge in [-0.2, -0.15) is 5.26 Å². The van der Waals surface area contributed by atoms with E-state index in [9.17, 15) is 8.42 Å². The van der Waals surface area contributed by atoms with Gasteiger partial charge in [0.15, 0.2) is 4.84 Å². The molecule has 0 saturated carbocycles. The molecule has 0 aliphatic rings. The molecule has 0 aliphatic carbocycles. The zero-order valence-corrected chi connectivity index (χ0v) is 13.6. The van der Waals surface area contributed by atoms with Crippen LogP contribution in [0.15, 0.2) is 0 Å². The van der Waals surface area contributed by atoms with E-state index in [-0.39, 0.29) is 5.75 Å². The molecule has 10 heteroatoms. The van der Waals surface area contributed by atoms with E-state index in [1.807, 2.05) is 0 Å². The van der Waals surface area contributed by atoms with Crippen LogP contribution in [0.4, 0.5) is 0 Å². The van der Waals surface area contributed by atoms with Gasteiger partial charge in [0.25, 0.3) is 0 Å². The van der Waals surface area contributed by atoms with Gasteiger partial charge in [0.1, 0.15) is 6.04 Å². The maximum atomic E-state index is 11.8. The van der Waals surface area contributed by atoms with Crippen molar-refractivity contribution in [3.63, 3.8) is 0 Å². The summed E-state index contributed by atoms with van der Waals surface area (Å²) in [7, 11) is -3.65. The third kappa shape index (κ3) is 5.19. The van der Waals surface area contributed by atoms with E-state index in [4.69, 9.17) is 51.7 Å². The molecule has 0 bridgehead atoms. The van der Waals surface area contributed by atoms with Gasteiger partial charge in [0.05, 0.1) is 11.8 Å². The molecule has 0 radical (unpaired) electrons. The van der Waals surface area contributed by atoms with Gasteiger partial charge >= 0.3 is 0 Å². The molecule has 4 nitrogen and oxygen atoms in total. The highest BCUT2D eigenvalue weighted by Crippen LogP contribution is 2.45. The number of alkyl halides is 4. The number of nitriles is 1. The molecule has 0 aliphatic heterocycles. The zero-order valence-electron chi connectivity index (χ0n) is 8.90. The molecule has 17 heavy (non-hydrogen) atoms. The number of nitrogens with zero attached hydrogens (tertiary/aromatic N) is 2. The highest BCUT2D eigenvalue weighted by molar-refractivity contribution is 8.11. The molecule has 0 saturated heterocycles. The second-order valence-electron chi connectivity index (χ2n) is 2.91. The van der Waals surface area contributed by atoms with Crippen LogP contribution in [0, 0.1) is 11.3 Å². The largest absolute Gasteiger partial charge is 0.224 e. The molecule has 0 amide bonds. The van der Waals surface area contributed by atoms with Crippen LogP contribution < -0.4 is 0 Å². The van der Waals surface area contributed by atoms with Gasteiger partial charge in [-0.3, -0.25) is 0 Å². The number of hydrogen-bond acceptors (Lipinski definition) is 4. The third-order valence-corrected chi connectivity index (χ3v) is 7.29. The fourth-order valence-electron chi connectivity index (χ4n) is 0.711. The number of sulfonamides is 1. The van der Waals surface area contributed by atoms with Crippen LogP contribution in [0.5, 0.6) is 0 Å². The Morgan fingerprint density at radius 1 is 1.47 bits per heavy atom. The van der Waals surface area contributed by atoms with Gasteiger partial charge < -0.3 is 0 Å². The van der Waals surface area contributed by atoms with Gasteiger partial charge in [0, 0.05) is 0 Å². The molecule has 0 rings (SSSR count). The van der Waals surface area contributed by atoms with Crippen molar-refractivity contribution in [1.82, 2.24) is 3.71 Å².